The summed E-state index contributed by atoms with van der Waals surface area (Å²) in [6.07, 6.45) is 7.53. The van der Waals surface area contributed by atoms with Crippen molar-refractivity contribution in [3.63, 3.8) is 0 Å². The highest BCUT2D eigenvalue weighted by atomic mass is 14.4. The monoisotopic (exact) mass is 325 g/mol. The van der Waals surface area contributed by atoms with Crippen LogP contribution >= 0.6 is 0 Å². The fraction of sp³-hybridized carbons (Fsp3) is 0.208. The number of rotatable bonds is 5. The minimum absolute atomic E-state index is 0.248. The number of allylic oxidation sites excluding steroid dienone is 1. The Morgan fingerprint density at radius 3 is 2.60 bits per heavy atom. The van der Waals surface area contributed by atoms with Crippen LogP contribution in [-0.2, 0) is 0 Å². The molecule has 0 radical (unpaired) electrons. The van der Waals surface area contributed by atoms with Crippen LogP contribution in [-0.4, -0.2) is 5.71 Å². The van der Waals surface area contributed by atoms with E-state index < -0.39 is 0 Å². The molecule has 1 N–H and O–H groups in total. The molecular formula is C24H23N. The van der Waals surface area contributed by atoms with Crippen molar-refractivity contribution < 1.29 is 0 Å². The zero-order chi connectivity index (χ0) is 17.2. The average Bonchev–Trinajstić information content (AvgIpc) is 3.09. The maximum absolute atomic E-state index is 8.78. The van der Waals surface area contributed by atoms with E-state index in [0.717, 1.165) is 30.5 Å². The number of unbranched alkanes of at least 4 members (excludes halogenated alkanes) is 1. The van der Waals surface area contributed by atoms with Gasteiger partial charge in [-0.15, -0.1) is 0 Å². The molecule has 25 heavy (non-hydrogen) atoms. The summed E-state index contributed by atoms with van der Waals surface area (Å²) in [4.78, 5) is 0. The van der Waals surface area contributed by atoms with Gasteiger partial charge < -0.3 is 5.41 Å². The van der Waals surface area contributed by atoms with E-state index in [4.69, 9.17) is 5.41 Å². The number of fused-ring (bicyclic) bond motifs is 2. The van der Waals surface area contributed by atoms with Crippen LogP contribution in [0.1, 0.15) is 54.4 Å². The molecule has 0 spiro atoms. The number of hydrogen-bond acceptors (Lipinski definition) is 1. The Hall–Kier alpha value is -2.67. The molecule has 3 aromatic carbocycles. The van der Waals surface area contributed by atoms with Gasteiger partial charge >= 0.3 is 0 Å². The van der Waals surface area contributed by atoms with Gasteiger partial charge in [0, 0.05) is 17.2 Å². The van der Waals surface area contributed by atoms with E-state index in [2.05, 4.69) is 79.7 Å². The number of nitrogens with one attached hydrogen (secondary N) is 1. The van der Waals surface area contributed by atoms with Crippen molar-refractivity contribution in [2.75, 3.05) is 0 Å². The first-order chi connectivity index (χ1) is 12.3. The SMILES string of the molecule is CCCCC(=N)c1c(C2C=Cc3ccccc32)ccc2ccccc12. The van der Waals surface area contributed by atoms with Gasteiger partial charge in [-0.2, -0.15) is 0 Å². The van der Waals surface area contributed by atoms with Crippen LogP contribution < -0.4 is 0 Å². The van der Waals surface area contributed by atoms with E-state index in [9.17, 15) is 0 Å². The van der Waals surface area contributed by atoms with Crippen LogP contribution in [0.3, 0.4) is 0 Å². The zero-order valence-corrected chi connectivity index (χ0v) is 14.6. The number of hydrogen-bond donors (Lipinski definition) is 1. The highest BCUT2D eigenvalue weighted by Gasteiger charge is 2.23. The van der Waals surface area contributed by atoms with Crippen LogP contribution in [0.5, 0.6) is 0 Å². The van der Waals surface area contributed by atoms with Gasteiger partial charge in [0.1, 0.15) is 0 Å². The molecule has 1 aliphatic carbocycles. The molecule has 124 valence electrons. The van der Waals surface area contributed by atoms with Crippen molar-refractivity contribution >= 4 is 22.6 Å². The second kappa shape index (κ2) is 6.68. The summed E-state index contributed by atoms with van der Waals surface area (Å²) in [5.74, 6) is 0.248. The smallest absolute Gasteiger partial charge is 0.0395 e. The standard InChI is InChI=1S/C24H23N/c1-2-3-12-23(25)24-20-11-7-5-9-18(20)14-16-22(24)21-15-13-17-8-4-6-10-19(17)21/h4-11,13-16,21,25H,2-3,12H2,1H3. The van der Waals surface area contributed by atoms with Crippen molar-refractivity contribution in [2.45, 2.75) is 32.1 Å². The van der Waals surface area contributed by atoms with Crippen molar-refractivity contribution in [2.24, 2.45) is 0 Å². The molecule has 0 aliphatic heterocycles. The van der Waals surface area contributed by atoms with Crippen LogP contribution in [0.2, 0.25) is 0 Å². The first-order valence-electron chi connectivity index (χ1n) is 9.16. The first kappa shape index (κ1) is 15.8. The molecule has 1 heteroatoms. The van der Waals surface area contributed by atoms with Gasteiger partial charge in [-0.1, -0.05) is 86.2 Å². The Labute approximate surface area is 149 Å². The molecular weight excluding hydrogens is 302 g/mol. The highest BCUT2D eigenvalue weighted by Crippen LogP contribution is 2.39. The van der Waals surface area contributed by atoms with E-state index in [-0.39, 0.29) is 5.92 Å². The van der Waals surface area contributed by atoms with Gasteiger partial charge in [0.15, 0.2) is 0 Å². The summed E-state index contributed by atoms with van der Waals surface area (Å²) in [6, 6.07) is 21.5. The quantitative estimate of drug-likeness (QED) is 0.514. The lowest BCUT2D eigenvalue weighted by molar-refractivity contribution is 0.832. The fourth-order valence-electron chi connectivity index (χ4n) is 3.88. The lowest BCUT2D eigenvalue weighted by Gasteiger charge is -2.19. The molecule has 3 aromatic rings. The summed E-state index contributed by atoms with van der Waals surface area (Å²) in [5.41, 5.74) is 5.82. The molecule has 4 rings (SSSR count). The maximum Gasteiger partial charge on any atom is 0.0395 e. The van der Waals surface area contributed by atoms with Gasteiger partial charge in [-0.05, 0) is 40.3 Å². The van der Waals surface area contributed by atoms with Gasteiger partial charge in [0.25, 0.3) is 0 Å². The van der Waals surface area contributed by atoms with E-state index in [1.165, 1.54) is 27.5 Å². The maximum atomic E-state index is 8.78. The predicted octanol–water partition coefficient (Wildman–Crippen LogP) is 6.56. The Morgan fingerprint density at radius 1 is 0.920 bits per heavy atom. The van der Waals surface area contributed by atoms with Crippen molar-refractivity contribution in [1.29, 1.82) is 5.41 Å². The molecule has 0 heterocycles. The molecule has 0 amide bonds. The summed E-state index contributed by atoms with van der Waals surface area (Å²) < 4.78 is 0. The van der Waals surface area contributed by atoms with E-state index in [1.807, 2.05) is 0 Å². The molecule has 1 aliphatic rings. The van der Waals surface area contributed by atoms with Crippen LogP contribution in [0, 0.1) is 5.41 Å². The lowest BCUT2D eigenvalue weighted by Crippen LogP contribution is -2.08. The van der Waals surface area contributed by atoms with Gasteiger partial charge in [0.05, 0.1) is 0 Å². The molecule has 1 unspecified atom stereocenters. The molecule has 0 saturated carbocycles. The average molecular weight is 325 g/mol. The molecule has 0 fully saturated rings. The van der Waals surface area contributed by atoms with Crippen LogP contribution in [0.25, 0.3) is 16.8 Å². The van der Waals surface area contributed by atoms with Crippen molar-refractivity contribution in [1.82, 2.24) is 0 Å². The van der Waals surface area contributed by atoms with E-state index in [0.29, 0.717) is 0 Å². The largest absolute Gasteiger partial charge is 0.305 e. The number of benzene rings is 3. The summed E-state index contributed by atoms with van der Waals surface area (Å²) in [6.45, 7) is 2.19. The second-order valence-corrected chi connectivity index (χ2v) is 6.80. The normalized spacial score (nSPS) is 15.5. The zero-order valence-electron chi connectivity index (χ0n) is 14.6. The van der Waals surface area contributed by atoms with Gasteiger partial charge in [0.2, 0.25) is 0 Å². The minimum Gasteiger partial charge on any atom is -0.305 e. The molecule has 1 atom stereocenters. The van der Waals surface area contributed by atoms with Crippen LogP contribution in [0.15, 0.2) is 66.7 Å². The minimum atomic E-state index is 0.248. The Balaban J connectivity index is 1.90. The van der Waals surface area contributed by atoms with E-state index in [1.54, 1.807) is 0 Å². The third kappa shape index (κ3) is 2.80. The topological polar surface area (TPSA) is 23.9 Å². The van der Waals surface area contributed by atoms with Gasteiger partial charge in [-0.3, -0.25) is 0 Å². The Bertz CT molecular complexity index is 965. The van der Waals surface area contributed by atoms with Crippen molar-refractivity contribution in [3.05, 3.63) is 89.0 Å². The van der Waals surface area contributed by atoms with Crippen LogP contribution in [0.4, 0.5) is 0 Å². The summed E-state index contributed by atoms with van der Waals surface area (Å²) in [7, 11) is 0. The fourth-order valence-corrected chi connectivity index (χ4v) is 3.88. The Morgan fingerprint density at radius 2 is 1.72 bits per heavy atom. The van der Waals surface area contributed by atoms with E-state index >= 15 is 0 Å². The summed E-state index contributed by atoms with van der Waals surface area (Å²) >= 11 is 0. The molecule has 0 saturated heterocycles. The lowest BCUT2D eigenvalue weighted by atomic mass is 9.84. The van der Waals surface area contributed by atoms with Gasteiger partial charge in [-0.25, -0.2) is 0 Å². The summed E-state index contributed by atoms with van der Waals surface area (Å²) in [5, 5.41) is 11.2. The molecule has 0 aromatic heterocycles. The molecule has 1 nitrogen and oxygen atoms in total. The third-order valence-electron chi connectivity index (χ3n) is 5.18. The third-order valence-corrected chi connectivity index (χ3v) is 5.18. The molecule has 0 bridgehead atoms. The Kier molecular flexibility index (Phi) is 4.23. The second-order valence-electron chi connectivity index (χ2n) is 6.80. The predicted molar refractivity (Wildman–Crippen MR) is 108 cm³/mol. The van der Waals surface area contributed by atoms with Crippen molar-refractivity contribution in [3.8, 4) is 0 Å². The highest BCUT2D eigenvalue weighted by molar-refractivity contribution is 6.11. The first-order valence-corrected chi connectivity index (χ1v) is 9.16.